The van der Waals surface area contributed by atoms with Crippen LogP contribution in [0.2, 0.25) is 0 Å². The zero-order chi connectivity index (χ0) is 32.3. The zero-order valence-corrected chi connectivity index (χ0v) is 25.4. The molecule has 44 heavy (non-hydrogen) atoms. The van der Waals surface area contributed by atoms with E-state index in [1.807, 2.05) is 12.1 Å². The summed E-state index contributed by atoms with van der Waals surface area (Å²) in [5, 5.41) is 11.6. The van der Waals surface area contributed by atoms with Crippen molar-refractivity contribution in [1.29, 1.82) is 0 Å². The van der Waals surface area contributed by atoms with Gasteiger partial charge in [-0.25, -0.2) is 22.5 Å². The van der Waals surface area contributed by atoms with E-state index in [1.165, 1.54) is 6.07 Å². The van der Waals surface area contributed by atoms with Gasteiger partial charge < -0.3 is 9.84 Å². The summed E-state index contributed by atoms with van der Waals surface area (Å²) in [6.07, 6.45) is 1.29. The van der Waals surface area contributed by atoms with Gasteiger partial charge in [-0.3, -0.25) is 9.59 Å². The molecule has 0 aliphatic heterocycles. The average Bonchev–Trinajstić information content (AvgIpc) is 3.21. The van der Waals surface area contributed by atoms with Crippen LogP contribution < -0.4 is 4.74 Å². The molecule has 0 fully saturated rings. The van der Waals surface area contributed by atoms with Crippen LogP contribution in [0.4, 0.5) is 17.6 Å². The van der Waals surface area contributed by atoms with Gasteiger partial charge in [-0.05, 0) is 52.5 Å². The summed E-state index contributed by atoms with van der Waals surface area (Å²) in [4.78, 5) is 30.4. The van der Waals surface area contributed by atoms with Crippen LogP contribution in [0.25, 0.3) is 10.9 Å². The summed E-state index contributed by atoms with van der Waals surface area (Å²) in [6, 6.07) is 12.2. The molecule has 1 N–H and O–H groups in total. The number of rotatable bonds is 6. The van der Waals surface area contributed by atoms with Crippen LogP contribution in [0.3, 0.4) is 0 Å². The van der Waals surface area contributed by atoms with Gasteiger partial charge in [0.1, 0.15) is 22.9 Å². The molecule has 3 aromatic carbocycles. The summed E-state index contributed by atoms with van der Waals surface area (Å²) >= 11 is 0. The highest BCUT2D eigenvalue weighted by Gasteiger charge is 2.47. The van der Waals surface area contributed by atoms with Gasteiger partial charge >= 0.3 is 0 Å². The fourth-order valence-electron chi connectivity index (χ4n) is 5.62. The Morgan fingerprint density at radius 1 is 0.795 bits per heavy atom. The molecule has 0 atom stereocenters. The van der Waals surface area contributed by atoms with Crippen LogP contribution in [-0.2, 0) is 17.3 Å². The number of benzene rings is 3. The van der Waals surface area contributed by atoms with Crippen molar-refractivity contribution in [2.75, 3.05) is 6.61 Å². The summed E-state index contributed by atoms with van der Waals surface area (Å²) in [7, 11) is 0. The molecule has 4 aromatic rings. The summed E-state index contributed by atoms with van der Waals surface area (Å²) in [5.41, 5.74) is 0.262. The van der Waals surface area contributed by atoms with E-state index in [2.05, 4.69) is 46.5 Å². The van der Waals surface area contributed by atoms with E-state index in [1.54, 1.807) is 24.3 Å². The van der Waals surface area contributed by atoms with Crippen molar-refractivity contribution >= 4 is 22.5 Å². The van der Waals surface area contributed by atoms with Crippen LogP contribution in [0.1, 0.15) is 97.0 Å². The van der Waals surface area contributed by atoms with Crippen molar-refractivity contribution in [3.63, 3.8) is 0 Å². The van der Waals surface area contributed by atoms with E-state index in [0.29, 0.717) is 41.9 Å². The second kappa shape index (κ2) is 11.0. The highest BCUT2D eigenvalue weighted by atomic mass is 19.2. The standard InChI is InChI=1S/C35H33F4NO4/c1-34(2,3)19-15-17(16-20(31(19)41)35(4,5)6)9-8-14-44-22-11-7-10-18-12-13-21(40-30(18)22)23-32(42)24-25(33(23)43)27(37)29(39)28(38)26(24)36/h7,10-13,15-16,23,41H,8-9,14H2,1-6H3. The molecule has 230 valence electrons. The first-order chi connectivity index (χ1) is 20.5. The van der Waals surface area contributed by atoms with E-state index in [-0.39, 0.29) is 16.5 Å². The number of phenolic OH excluding ortho intramolecular Hbond substituents is 1. The van der Waals surface area contributed by atoms with Crippen LogP contribution in [0.5, 0.6) is 11.5 Å². The fourth-order valence-corrected chi connectivity index (χ4v) is 5.62. The number of para-hydroxylation sites is 1. The molecule has 0 radical (unpaired) electrons. The number of carbonyl (C=O) groups excluding carboxylic acids is 2. The molecule has 0 amide bonds. The Balaban J connectivity index is 1.39. The highest BCUT2D eigenvalue weighted by molar-refractivity contribution is 6.29. The minimum atomic E-state index is -2.15. The van der Waals surface area contributed by atoms with Crippen LogP contribution in [-0.4, -0.2) is 28.3 Å². The Labute approximate surface area is 252 Å². The number of pyridine rings is 1. The number of halogens is 4. The van der Waals surface area contributed by atoms with Crippen molar-refractivity contribution < 1.29 is 37.0 Å². The molecular weight excluding hydrogens is 574 g/mol. The molecular formula is C35H33F4NO4. The van der Waals surface area contributed by atoms with Gasteiger partial charge in [0.25, 0.3) is 0 Å². The van der Waals surface area contributed by atoms with Gasteiger partial charge in [-0.2, -0.15) is 0 Å². The molecule has 5 rings (SSSR count). The van der Waals surface area contributed by atoms with E-state index in [0.717, 1.165) is 16.7 Å². The molecule has 1 aliphatic rings. The smallest absolute Gasteiger partial charge is 0.198 e. The predicted octanol–water partition coefficient (Wildman–Crippen LogP) is 8.27. The molecule has 5 nitrogen and oxygen atoms in total. The number of hydrogen-bond acceptors (Lipinski definition) is 5. The summed E-state index contributed by atoms with van der Waals surface area (Å²) in [5.74, 6) is -11.6. The lowest BCUT2D eigenvalue weighted by molar-refractivity contribution is 0.0885. The molecule has 0 bridgehead atoms. The Morgan fingerprint density at radius 2 is 1.34 bits per heavy atom. The van der Waals surface area contributed by atoms with Gasteiger partial charge in [-0.15, -0.1) is 0 Å². The summed E-state index contributed by atoms with van der Waals surface area (Å²) < 4.78 is 62.7. The third-order valence-corrected chi connectivity index (χ3v) is 7.94. The number of ketones is 2. The number of phenols is 1. The second-order valence-electron chi connectivity index (χ2n) is 13.2. The number of aromatic hydroxyl groups is 1. The average molecular weight is 608 g/mol. The molecule has 0 spiro atoms. The molecule has 1 aliphatic carbocycles. The minimum absolute atomic E-state index is 0.118. The normalized spacial score (nSPS) is 14.0. The molecule has 1 aromatic heterocycles. The first kappa shape index (κ1) is 31.2. The molecule has 1 heterocycles. The largest absolute Gasteiger partial charge is 0.507 e. The quantitative estimate of drug-likeness (QED) is 0.0785. The number of aryl methyl sites for hydroxylation is 1. The number of Topliss-reactive ketones (excluding diaryl/α,β-unsaturated/α-hetero) is 2. The predicted molar refractivity (Wildman–Crippen MR) is 159 cm³/mol. The van der Waals surface area contributed by atoms with Gasteiger partial charge in [0.05, 0.1) is 23.4 Å². The monoisotopic (exact) mass is 607 g/mol. The second-order valence-corrected chi connectivity index (χ2v) is 13.2. The SMILES string of the molecule is CC(C)(C)c1cc(CCCOc2cccc3ccc(C4C(=O)c5c(F)c(F)c(F)c(F)c5C4=O)nc23)cc(C(C)(C)C)c1O. The van der Waals surface area contributed by atoms with E-state index < -0.39 is 51.9 Å². The maximum atomic E-state index is 14.4. The Bertz CT molecular complexity index is 1750. The zero-order valence-electron chi connectivity index (χ0n) is 25.4. The van der Waals surface area contributed by atoms with Crippen LogP contribution in [0, 0.1) is 23.3 Å². The van der Waals surface area contributed by atoms with E-state index >= 15 is 0 Å². The fraction of sp³-hybridized carbons (Fsp3) is 0.343. The van der Waals surface area contributed by atoms with Crippen molar-refractivity contribution in [1.82, 2.24) is 4.98 Å². The van der Waals surface area contributed by atoms with Crippen LogP contribution >= 0.6 is 0 Å². The van der Waals surface area contributed by atoms with Gasteiger partial charge in [0, 0.05) is 5.39 Å². The number of fused-ring (bicyclic) bond motifs is 2. The first-order valence-electron chi connectivity index (χ1n) is 14.4. The highest BCUT2D eigenvalue weighted by Crippen LogP contribution is 2.41. The molecule has 0 unspecified atom stereocenters. The van der Waals surface area contributed by atoms with E-state index in [9.17, 15) is 32.3 Å². The number of aromatic nitrogens is 1. The molecule has 0 saturated carbocycles. The van der Waals surface area contributed by atoms with E-state index in [4.69, 9.17) is 4.74 Å². The van der Waals surface area contributed by atoms with Crippen LogP contribution in [0.15, 0.2) is 42.5 Å². The maximum absolute atomic E-state index is 14.4. The number of ether oxygens (including phenoxy) is 1. The van der Waals surface area contributed by atoms with Crippen molar-refractivity contribution in [2.45, 2.75) is 71.1 Å². The van der Waals surface area contributed by atoms with Crippen molar-refractivity contribution in [2.24, 2.45) is 0 Å². The maximum Gasteiger partial charge on any atom is 0.198 e. The lowest BCUT2D eigenvalue weighted by Crippen LogP contribution is -2.18. The minimum Gasteiger partial charge on any atom is -0.507 e. The Hall–Kier alpha value is -4.27. The third-order valence-electron chi connectivity index (χ3n) is 7.94. The molecule has 0 saturated heterocycles. The third kappa shape index (κ3) is 5.33. The first-order valence-corrected chi connectivity index (χ1v) is 14.4. The van der Waals surface area contributed by atoms with Gasteiger partial charge in [0.15, 0.2) is 34.8 Å². The number of carbonyl (C=O) groups is 2. The summed E-state index contributed by atoms with van der Waals surface area (Å²) in [6.45, 7) is 12.6. The van der Waals surface area contributed by atoms with Crippen molar-refractivity contribution in [3.8, 4) is 11.5 Å². The van der Waals surface area contributed by atoms with Crippen molar-refractivity contribution in [3.05, 3.63) is 99.2 Å². The number of hydrogen-bond donors (Lipinski definition) is 1. The van der Waals surface area contributed by atoms with Gasteiger partial charge in [-0.1, -0.05) is 71.9 Å². The Morgan fingerprint density at radius 3 is 1.86 bits per heavy atom. The topological polar surface area (TPSA) is 76.5 Å². The van der Waals surface area contributed by atoms with Gasteiger partial charge in [0.2, 0.25) is 0 Å². The molecule has 9 heteroatoms. The lowest BCUT2D eigenvalue weighted by atomic mass is 9.78. The number of nitrogens with zero attached hydrogens (tertiary/aromatic N) is 1. The Kier molecular flexibility index (Phi) is 7.81. The lowest BCUT2D eigenvalue weighted by Gasteiger charge is -2.28.